The second-order valence-electron chi connectivity index (χ2n) is 4.80. The summed E-state index contributed by atoms with van der Waals surface area (Å²) in [5, 5.41) is 8.48. The maximum absolute atomic E-state index is 11.1. The normalized spacial score (nSPS) is 11.0. The Morgan fingerprint density at radius 3 is 2.28 bits per heavy atom. The number of hydrogen-bond acceptors (Lipinski definition) is 10. The zero-order chi connectivity index (χ0) is 18.4. The summed E-state index contributed by atoms with van der Waals surface area (Å²) in [6, 6.07) is 5.39. The molecular weight excluding hydrogens is 348 g/mol. The van der Waals surface area contributed by atoms with Gasteiger partial charge in [0.15, 0.2) is 0 Å². The summed E-state index contributed by atoms with van der Waals surface area (Å²) < 4.78 is 31.1. The van der Waals surface area contributed by atoms with Gasteiger partial charge in [0.05, 0.1) is 10.7 Å². The summed E-state index contributed by atoms with van der Waals surface area (Å²) in [4.78, 5) is 12.2. The first-order valence-electron chi connectivity index (χ1n) is 7.04. The molecule has 1 heterocycles. The van der Waals surface area contributed by atoms with Gasteiger partial charge >= 0.3 is 0 Å². The first-order chi connectivity index (χ1) is 11.8. The van der Waals surface area contributed by atoms with Crippen LogP contribution in [0.15, 0.2) is 41.6 Å². The maximum atomic E-state index is 11.1. The topological polar surface area (TPSA) is 181 Å². The number of anilines is 4. The van der Waals surface area contributed by atoms with Crippen LogP contribution in [-0.4, -0.2) is 41.0 Å². The lowest BCUT2D eigenvalue weighted by Gasteiger charge is -2.11. The third-order valence-corrected chi connectivity index (χ3v) is 3.61. The van der Waals surface area contributed by atoms with E-state index in [0.29, 0.717) is 18.8 Å². The fourth-order valence-electron chi connectivity index (χ4n) is 1.73. The number of nitrogens with two attached hydrogens (primary N) is 2. The quantitative estimate of drug-likeness (QED) is 0.348. The third kappa shape index (κ3) is 5.56. The van der Waals surface area contributed by atoms with E-state index < -0.39 is 10.1 Å². The summed E-state index contributed by atoms with van der Waals surface area (Å²) in [5.41, 5.74) is 11.4. The van der Waals surface area contributed by atoms with Crippen LogP contribution in [-0.2, 0) is 10.1 Å². The summed E-state index contributed by atoms with van der Waals surface area (Å²) >= 11 is 0. The molecule has 0 aliphatic carbocycles. The number of benzene rings is 1. The average molecular weight is 366 g/mol. The van der Waals surface area contributed by atoms with Crippen molar-refractivity contribution in [3.05, 3.63) is 36.7 Å². The van der Waals surface area contributed by atoms with Crippen molar-refractivity contribution < 1.29 is 13.0 Å². The van der Waals surface area contributed by atoms with Crippen LogP contribution in [0.2, 0.25) is 0 Å². The van der Waals surface area contributed by atoms with E-state index in [2.05, 4.69) is 37.5 Å². The minimum atomic E-state index is -4.25. The average Bonchev–Trinajstić information content (AvgIpc) is 2.51. The molecular formula is C13H18N8O3S. The Labute approximate surface area is 144 Å². The Morgan fingerprint density at radius 2 is 1.72 bits per heavy atom. The highest BCUT2D eigenvalue weighted by molar-refractivity contribution is 7.85. The first-order valence-corrected chi connectivity index (χ1v) is 8.48. The van der Waals surface area contributed by atoms with Gasteiger partial charge in [-0.15, -0.1) is 0 Å². The summed E-state index contributed by atoms with van der Waals surface area (Å²) in [5.74, 6) is 0.762. The molecule has 0 atom stereocenters. The number of nitrogens with zero attached hydrogens (tertiary/aromatic N) is 3. The molecule has 2 rings (SSSR count). The molecule has 1 aromatic heterocycles. The molecule has 0 bridgehead atoms. The molecule has 1 aromatic carbocycles. The number of aromatic nitrogens is 3. The van der Waals surface area contributed by atoms with Crippen LogP contribution in [0.5, 0.6) is 0 Å². The summed E-state index contributed by atoms with van der Waals surface area (Å²) in [6.45, 7) is 4.35. The van der Waals surface area contributed by atoms with Crippen molar-refractivity contribution in [2.75, 3.05) is 29.0 Å². The van der Waals surface area contributed by atoms with Gasteiger partial charge in [-0.3, -0.25) is 4.55 Å². The van der Waals surface area contributed by atoms with Crippen molar-refractivity contribution in [3.63, 3.8) is 0 Å². The Bertz CT molecular complexity index is 854. The molecule has 12 heteroatoms. The lowest BCUT2D eigenvalue weighted by Crippen LogP contribution is -2.17. The second-order valence-corrected chi connectivity index (χ2v) is 6.22. The molecule has 0 spiro atoms. The summed E-state index contributed by atoms with van der Waals surface area (Å²) in [7, 11) is -4.25. The largest absolute Gasteiger partial charge is 0.386 e. The van der Waals surface area contributed by atoms with Gasteiger partial charge in [0, 0.05) is 18.8 Å². The van der Waals surface area contributed by atoms with Crippen LogP contribution < -0.4 is 27.4 Å². The SMILES string of the molecule is C=C(N)Nc1nc(NCCN)nc(Nc2ccc(S(=O)(=O)O)cc2)n1. The minimum absolute atomic E-state index is 0.152. The van der Waals surface area contributed by atoms with Gasteiger partial charge in [-0.05, 0) is 24.3 Å². The molecule has 11 nitrogen and oxygen atoms in total. The van der Waals surface area contributed by atoms with Gasteiger partial charge in [0.1, 0.15) is 0 Å². The van der Waals surface area contributed by atoms with Gasteiger partial charge in [-0.25, -0.2) is 0 Å². The van der Waals surface area contributed by atoms with E-state index >= 15 is 0 Å². The van der Waals surface area contributed by atoms with Crippen LogP contribution >= 0.6 is 0 Å². The molecule has 0 amide bonds. The maximum Gasteiger partial charge on any atom is 0.294 e. The van der Waals surface area contributed by atoms with Crippen molar-refractivity contribution in [1.29, 1.82) is 0 Å². The van der Waals surface area contributed by atoms with E-state index in [1.807, 2.05) is 0 Å². The molecule has 0 saturated carbocycles. The summed E-state index contributed by atoms with van der Waals surface area (Å²) in [6.07, 6.45) is 0. The Balaban J connectivity index is 2.26. The standard InChI is InChI=1S/C13H18N8O3S/c1-8(15)17-12-19-11(16-7-6-14)20-13(21-12)18-9-2-4-10(5-3-9)25(22,23)24/h2-5H,1,6-7,14-15H2,(H,22,23,24)(H3,16,17,18,19,20,21). The molecule has 0 radical (unpaired) electrons. The molecule has 0 fully saturated rings. The van der Waals surface area contributed by atoms with E-state index in [-0.39, 0.29) is 28.6 Å². The van der Waals surface area contributed by atoms with Crippen molar-refractivity contribution in [3.8, 4) is 0 Å². The van der Waals surface area contributed by atoms with Crippen molar-refractivity contribution in [2.45, 2.75) is 4.90 Å². The van der Waals surface area contributed by atoms with E-state index in [9.17, 15) is 8.42 Å². The first kappa shape index (κ1) is 18.4. The van der Waals surface area contributed by atoms with Crippen LogP contribution in [0, 0.1) is 0 Å². The van der Waals surface area contributed by atoms with Crippen LogP contribution in [0.3, 0.4) is 0 Å². The molecule has 0 unspecified atom stereocenters. The van der Waals surface area contributed by atoms with Crippen LogP contribution in [0.1, 0.15) is 0 Å². The molecule has 25 heavy (non-hydrogen) atoms. The smallest absolute Gasteiger partial charge is 0.294 e. The van der Waals surface area contributed by atoms with Crippen LogP contribution in [0.25, 0.3) is 0 Å². The van der Waals surface area contributed by atoms with Gasteiger partial charge < -0.3 is 27.4 Å². The monoisotopic (exact) mass is 366 g/mol. The molecule has 0 aliphatic rings. The minimum Gasteiger partial charge on any atom is -0.386 e. The van der Waals surface area contributed by atoms with E-state index in [4.69, 9.17) is 16.0 Å². The van der Waals surface area contributed by atoms with Gasteiger partial charge in [-0.2, -0.15) is 23.4 Å². The van der Waals surface area contributed by atoms with Crippen molar-refractivity contribution in [1.82, 2.24) is 15.0 Å². The lowest BCUT2D eigenvalue weighted by molar-refractivity contribution is 0.483. The third-order valence-electron chi connectivity index (χ3n) is 2.74. The predicted molar refractivity (Wildman–Crippen MR) is 93.9 cm³/mol. The van der Waals surface area contributed by atoms with Gasteiger partial charge in [0.25, 0.3) is 10.1 Å². The van der Waals surface area contributed by atoms with E-state index in [1.165, 1.54) is 24.3 Å². The molecule has 0 saturated heterocycles. The fraction of sp³-hybridized carbons (Fsp3) is 0.154. The van der Waals surface area contributed by atoms with Crippen molar-refractivity contribution in [2.24, 2.45) is 11.5 Å². The Hall–Kier alpha value is -2.96. The number of nitrogens with one attached hydrogen (secondary N) is 3. The molecule has 8 N–H and O–H groups in total. The zero-order valence-corrected chi connectivity index (χ0v) is 13.9. The van der Waals surface area contributed by atoms with Crippen LogP contribution in [0.4, 0.5) is 23.5 Å². The van der Waals surface area contributed by atoms with E-state index in [1.54, 1.807) is 0 Å². The zero-order valence-electron chi connectivity index (χ0n) is 13.1. The highest BCUT2D eigenvalue weighted by Crippen LogP contribution is 2.18. The number of rotatable bonds is 8. The predicted octanol–water partition coefficient (Wildman–Crippen LogP) is 0.0743. The number of hydrogen-bond donors (Lipinski definition) is 6. The Kier molecular flexibility index (Phi) is 5.69. The molecule has 2 aromatic rings. The highest BCUT2D eigenvalue weighted by atomic mass is 32.2. The molecule has 134 valence electrons. The lowest BCUT2D eigenvalue weighted by atomic mass is 10.3. The van der Waals surface area contributed by atoms with Gasteiger partial charge in [0.2, 0.25) is 17.8 Å². The Morgan fingerprint density at radius 1 is 1.12 bits per heavy atom. The highest BCUT2D eigenvalue weighted by Gasteiger charge is 2.10. The van der Waals surface area contributed by atoms with Crippen molar-refractivity contribution >= 4 is 33.7 Å². The van der Waals surface area contributed by atoms with Gasteiger partial charge in [-0.1, -0.05) is 6.58 Å². The molecule has 0 aliphatic heterocycles. The fourth-order valence-corrected chi connectivity index (χ4v) is 2.21. The second kappa shape index (κ2) is 7.74. The van der Waals surface area contributed by atoms with E-state index in [0.717, 1.165) is 0 Å².